The smallest absolute Gasteiger partial charge is 0.261 e. The molecule has 0 aliphatic carbocycles. The summed E-state index contributed by atoms with van der Waals surface area (Å²) in [7, 11) is 0. The zero-order chi connectivity index (χ0) is 18.6. The second-order valence-electron chi connectivity index (χ2n) is 6.48. The lowest BCUT2D eigenvalue weighted by Crippen LogP contribution is -2.48. The molecule has 2 aromatic heterocycles. The number of amides is 1. The number of nitrogens with zero attached hydrogens (tertiary/aromatic N) is 3. The van der Waals surface area contributed by atoms with Gasteiger partial charge in [-0.15, -0.1) is 11.3 Å². The summed E-state index contributed by atoms with van der Waals surface area (Å²) < 4.78 is 13.1. The Morgan fingerprint density at radius 1 is 1.15 bits per heavy atom. The molecule has 1 N–H and O–H groups in total. The molecule has 1 aliphatic heterocycles. The van der Waals surface area contributed by atoms with Crippen molar-refractivity contribution in [2.45, 2.75) is 18.9 Å². The summed E-state index contributed by atoms with van der Waals surface area (Å²) in [6.45, 7) is 1.59. The maximum atomic E-state index is 13.1. The van der Waals surface area contributed by atoms with Crippen molar-refractivity contribution in [3.05, 3.63) is 65.6 Å². The van der Waals surface area contributed by atoms with E-state index in [9.17, 15) is 9.18 Å². The number of aromatic nitrogens is 2. The Kier molecular flexibility index (Phi) is 5.11. The Morgan fingerprint density at radius 3 is 2.70 bits per heavy atom. The molecular weight excluding hydrogens is 363 g/mol. The molecular formula is C20H19FN4OS. The van der Waals surface area contributed by atoms with E-state index < -0.39 is 0 Å². The van der Waals surface area contributed by atoms with E-state index in [1.54, 1.807) is 30.6 Å². The molecule has 3 heterocycles. The SMILES string of the molecule is O=C(N[C@H]1CCCN(c2ncccn2)C1)c1ccc(-c2ccc(F)cc2)s1. The standard InChI is InChI=1S/C20H19FN4OS/c21-15-6-4-14(5-7-15)17-8-9-18(27-17)19(26)24-16-3-1-12-25(13-16)20-22-10-2-11-23-20/h2,4-11,16H,1,3,12-13H2,(H,24,26)/t16-/m0/s1. The van der Waals surface area contributed by atoms with E-state index in [4.69, 9.17) is 0 Å². The van der Waals surface area contributed by atoms with Crippen LogP contribution in [0.3, 0.4) is 0 Å². The minimum absolute atomic E-state index is 0.0615. The first-order valence-corrected chi connectivity index (χ1v) is 9.69. The third-order valence-corrected chi connectivity index (χ3v) is 5.68. The molecule has 0 radical (unpaired) electrons. The predicted octanol–water partition coefficient (Wildman–Crippen LogP) is 3.74. The first-order chi connectivity index (χ1) is 13.2. The maximum absolute atomic E-state index is 13.1. The fourth-order valence-electron chi connectivity index (χ4n) is 3.22. The van der Waals surface area contributed by atoms with Crippen molar-refractivity contribution in [2.75, 3.05) is 18.0 Å². The van der Waals surface area contributed by atoms with Gasteiger partial charge in [-0.3, -0.25) is 4.79 Å². The molecule has 1 aromatic carbocycles. The Bertz CT molecular complexity index is 913. The van der Waals surface area contributed by atoms with Crippen molar-refractivity contribution < 1.29 is 9.18 Å². The van der Waals surface area contributed by atoms with Crippen LogP contribution in [0.25, 0.3) is 10.4 Å². The number of benzene rings is 1. The minimum atomic E-state index is -0.266. The number of anilines is 1. The zero-order valence-corrected chi connectivity index (χ0v) is 15.5. The predicted molar refractivity (Wildman–Crippen MR) is 104 cm³/mol. The van der Waals surface area contributed by atoms with Crippen LogP contribution in [0, 0.1) is 5.82 Å². The average molecular weight is 382 g/mol. The fourth-order valence-corrected chi connectivity index (χ4v) is 4.13. The van der Waals surface area contributed by atoms with Crippen LogP contribution < -0.4 is 10.2 Å². The molecule has 4 rings (SSSR count). The average Bonchev–Trinajstić information content (AvgIpc) is 3.20. The fraction of sp³-hybridized carbons (Fsp3) is 0.250. The Morgan fingerprint density at radius 2 is 1.93 bits per heavy atom. The lowest BCUT2D eigenvalue weighted by molar-refractivity contribution is 0.0937. The second-order valence-corrected chi connectivity index (χ2v) is 7.56. The number of halogens is 1. The molecule has 138 valence electrons. The molecule has 5 nitrogen and oxygen atoms in total. The topological polar surface area (TPSA) is 58.1 Å². The maximum Gasteiger partial charge on any atom is 0.261 e. The van der Waals surface area contributed by atoms with Crippen molar-refractivity contribution >= 4 is 23.2 Å². The van der Waals surface area contributed by atoms with E-state index in [1.807, 2.05) is 12.1 Å². The van der Waals surface area contributed by atoms with Crippen LogP contribution in [0.15, 0.2) is 54.9 Å². The van der Waals surface area contributed by atoms with Gasteiger partial charge in [-0.25, -0.2) is 14.4 Å². The van der Waals surface area contributed by atoms with Crippen molar-refractivity contribution in [3.63, 3.8) is 0 Å². The zero-order valence-electron chi connectivity index (χ0n) is 14.6. The molecule has 0 saturated carbocycles. The van der Waals surface area contributed by atoms with E-state index in [1.165, 1.54) is 23.5 Å². The Hall–Kier alpha value is -2.80. The molecule has 1 saturated heterocycles. The van der Waals surface area contributed by atoms with E-state index in [-0.39, 0.29) is 17.8 Å². The largest absolute Gasteiger partial charge is 0.347 e. The van der Waals surface area contributed by atoms with E-state index >= 15 is 0 Å². The summed E-state index contributed by atoms with van der Waals surface area (Å²) >= 11 is 1.41. The van der Waals surface area contributed by atoms with Gasteiger partial charge in [0.2, 0.25) is 5.95 Å². The number of thiophene rings is 1. The van der Waals surface area contributed by atoms with Gasteiger partial charge in [0.05, 0.1) is 4.88 Å². The van der Waals surface area contributed by atoms with Crippen LogP contribution in [0.1, 0.15) is 22.5 Å². The molecule has 3 aromatic rings. The lowest BCUT2D eigenvalue weighted by atomic mass is 10.1. The number of rotatable bonds is 4. The van der Waals surface area contributed by atoms with Gasteiger partial charge in [-0.05, 0) is 48.7 Å². The van der Waals surface area contributed by atoms with Gasteiger partial charge in [-0.2, -0.15) is 0 Å². The number of piperidine rings is 1. The highest BCUT2D eigenvalue weighted by Crippen LogP contribution is 2.28. The third-order valence-electron chi connectivity index (χ3n) is 4.55. The van der Waals surface area contributed by atoms with Gasteiger partial charge in [0.15, 0.2) is 0 Å². The van der Waals surface area contributed by atoms with Crippen molar-refractivity contribution in [1.29, 1.82) is 0 Å². The highest BCUT2D eigenvalue weighted by molar-refractivity contribution is 7.17. The quantitative estimate of drug-likeness (QED) is 0.747. The minimum Gasteiger partial charge on any atom is -0.347 e. The van der Waals surface area contributed by atoms with Crippen LogP contribution in [0.5, 0.6) is 0 Å². The number of hydrogen-bond donors (Lipinski definition) is 1. The van der Waals surface area contributed by atoms with Crippen molar-refractivity contribution in [2.24, 2.45) is 0 Å². The normalized spacial score (nSPS) is 16.9. The van der Waals surface area contributed by atoms with E-state index in [2.05, 4.69) is 20.2 Å². The first-order valence-electron chi connectivity index (χ1n) is 8.87. The van der Waals surface area contributed by atoms with Gasteiger partial charge in [-0.1, -0.05) is 12.1 Å². The Balaban J connectivity index is 1.41. The van der Waals surface area contributed by atoms with Crippen LogP contribution in [0.4, 0.5) is 10.3 Å². The van der Waals surface area contributed by atoms with Crippen LogP contribution in [-0.4, -0.2) is 35.0 Å². The van der Waals surface area contributed by atoms with Gasteiger partial charge in [0, 0.05) is 36.4 Å². The third kappa shape index (κ3) is 4.14. The monoisotopic (exact) mass is 382 g/mol. The highest BCUT2D eigenvalue weighted by Gasteiger charge is 2.23. The molecule has 0 bridgehead atoms. The van der Waals surface area contributed by atoms with Gasteiger partial charge >= 0.3 is 0 Å². The van der Waals surface area contributed by atoms with Crippen molar-refractivity contribution in [3.8, 4) is 10.4 Å². The number of hydrogen-bond acceptors (Lipinski definition) is 5. The first kappa shape index (κ1) is 17.6. The highest BCUT2D eigenvalue weighted by atomic mass is 32.1. The number of carbonyl (C=O) groups excluding carboxylic acids is 1. The summed E-state index contributed by atoms with van der Waals surface area (Å²) in [6.07, 6.45) is 5.38. The molecule has 0 spiro atoms. The summed E-state index contributed by atoms with van der Waals surface area (Å²) in [6, 6.07) is 11.9. The number of nitrogens with one attached hydrogen (secondary N) is 1. The van der Waals surface area contributed by atoms with Crippen LogP contribution >= 0.6 is 11.3 Å². The van der Waals surface area contributed by atoms with Gasteiger partial charge in [0.1, 0.15) is 5.82 Å². The molecule has 1 amide bonds. The van der Waals surface area contributed by atoms with E-state index in [0.29, 0.717) is 17.4 Å². The van der Waals surface area contributed by atoms with Crippen LogP contribution in [0.2, 0.25) is 0 Å². The molecule has 27 heavy (non-hydrogen) atoms. The van der Waals surface area contributed by atoms with Gasteiger partial charge in [0.25, 0.3) is 5.91 Å². The van der Waals surface area contributed by atoms with Crippen molar-refractivity contribution in [1.82, 2.24) is 15.3 Å². The second kappa shape index (κ2) is 7.84. The number of carbonyl (C=O) groups is 1. The molecule has 7 heteroatoms. The lowest BCUT2D eigenvalue weighted by Gasteiger charge is -2.32. The summed E-state index contributed by atoms with van der Waals surface area (Å²) in [4.78, 5) is 24.9. The molecule has 0 unspecified atom stereocenters. The molecule has 1 fully saturated rings. The molecule has 1 aliphatic rings. The van der Waals surface area contributed by atoms with Crippen LogP contribution in [-0.2, 0) is 0 Å². The summed E-state index contributed by atoms with van der Waals surface area (Å²) in [5.74, 6) is 0.359. The summed E-state index contributed by atoms with van der Waals surface area (Å²) in [5, 5.41) is 3.12. The van der Waals surface area contributed by atoms with Gasteiger partial charge < -0.3 is 10.2 Å². The Labute approximate surface area is 160 Å². The summed E-state index contributed by atoms with van der Waals surface area (Å²) in [5.41, 5.74) is 0.908. The molecule has 1 atom stereocenters. The van der Waals surface area contributed by atoms with E-state index in [0.717, 1.165) is 29.8 Å².